The molecule has 5 rings (SSSR count). The van der Waals surface area contributed by atoms with E-state index in [9.17, 15) is 8.78 Å². The summed E-state index contributed by atoms with van der Waals surface area (Å²) in [5.41, 5.74) is 1.74. The third-order valence-corrected chi connectivity index (χ3v) is 4.30. The average Bonchev–Trinajstić information content (AvgIpc) is 3.37. The average molecular weight is 390 g/mol. The second kappa shape index (κ2) is 6.86. The molecule has 2 aromatic heterocycles. The van der Waals surface area contributed by atoms with Crippen LogP contribution in [0.4, 0.5) is 8.78 Å². The number of halogens is 2. The quantitative estimate of drug-likeness (QED) is 0.464. The lowest BCUT2D eigenvalue weighted by atomic mass is 10.2. The molecule has 0 radical (unpaired) electrons. The summed E-state index contributed by atoms with van der Waals surface area (Å²) in [4.78, 5) is 17.1. The van der Waals surface area contributed by atoms with Gasteiger partial charge >= 0.3 is 0 Å². The molecule has 9 heteroatoms. The summed E-state index contributed by atoms with van der Waals surface area (Å²) < 4.78 is 34.6. The van der Waals surface area contributed by atoms with Gasteiger partial charge in [-0.3, -0.25) is 4.98 Å². The summed E-state index contributed by atoms with van der Waals surface area (Å²) in [5.74, 6) is -0.981. The van der Waals surface area contributed by atoms with Crippen LogP contribution in [0.1, 0.15) is 5.89 Å². The van der Waals surface area contributed by atoms with E-state index in [1.165, 1.54) is 12.1 Å². The molecule has 4 heterocycles. The molecule has 0 spiro atoms. The minimum atomic E-state index is -0.969. The van der Waals surface area contributed by atoms with E-state index in [2.05, 4.69) is 25.1 Å². The van der Waals surface area contributed by atoms with Crippen molar-refractivity contribution in [3.63, 3.8) is 0 Å². The van der Waals surface area contributed by atoms with Gasteiger partial charge in [0.1, 0.15) is 17.9 Å². The van der Waals surface area contributed by atoms with E-state index in [-0.39, 0.29) is 11.4 Å². The Bertz CT molecular complexity index is 1270. The summed E-state index contributed by atoms with van der Waals surface area (Å²) in [6.45, 7) is 0.312. The molecule has 0 saturated heterocycles. The summed E-state index contributed by atoms with van der Waals surface area (Å²) in [6.07, 6.45) is 5.15. The largest absolute Gasteiger partial charge is 0.343 e. The lowest BCUT2D eigenvalue weighted by Gasteiger charge is -2.04. The first-order valence-corrected chi connectivity index (χ1v) is 8.69. The predicted octanol–water partition coefficient (Wildman–Crippen LogP) is 3.82. The van der Waals surface area contributed by atoms with E-state index >= 15 is 0 Å². The Balaban J connectivity index is 1.43. The van der Waals surface area contributed by atoms with E-state index in [4.69, 9.17) is 4.52 Å². The van der Waals surface area contributed by atoms with Crippen molar-refractivity contribution in [2.75, 3.05) is 0 Å². The third-order valence-electron chi connectivity index (χ3n) is 4.30. The maximum Gasteiger partial charge on any atom is 0.246 e. The van der Waals surface area contributed by atoms with Crippen molar-refractivity contribution in [2.24, 2.45) is 0 Å². The molecule has 2 aliphatic rings. The van der Waals surface area contributed by atoms with E-state index in [0.29, 0.717) is 35.3 Å². The molecular formula is C20H12F2N6O. The number of fused-ring (bicyclic) bond motifs is 1. The number of hydrogen-bond acceptors (Lipinski definition) is 6. The molecule has 7 nitrogen and oxygen atoms in total. The van der Waals surface area contributed by atoms with Crippen LogP contribution in [0.25, 0.3) is 34.3 Å². The van der Waals surface area contributed by atoms with Crippen LogP contribution in [-0.2, 0) is 6.54 Å². The van der Waals surface area contributed by atoms with Gasteiger partial charge in [-0.05, 0) is 30.3 Å². The zero-order chi connectivity index (χ0) is 19.8. The Morgan fingerprint density at radius 3 is 2.62 bits per heavy atom. The molecule has 1 aromatic carbocycles. The minimum Gasteiger partial charge on any atom is -0.343 e. The number of aromatic nitrogens is 6. The van der Waals surface area contributed by atoms with Crippen molar-refractivity contribution in [3.8, 4) is 34.3 Å². The number of rotatable bonds is 4. The highest BCUT2D eigenvalue weighted by Gasteiger charge is 2.18. The summed E-state index contributed by atoms with van der Waals surface area (Å²) in [5, 5.41) is 3.94. The van der Waals surface area contributed by atoms with Crippen molar-refractivity contribution in [1.82, 2.24) is 29.7 Å². The molecule has 0 saturated carbocycles. The van der Waals surface area contributed by atoms with Gasteiger partial charge in [-0.2, -0.15) is 4.98 Å². The molecule has 0 N–H and O–H groups in total. The molecule has 29 heavy (non-hydrogen) atoms. The van der Waals surface area contributed by atoms with Gasteiger partial charge in [0.15, 0.2) is 17.5 Å². The van der Waals surface area contributed by atoms with Crippen molar-refractivity contribution in [2.45, 2.75) is 6.54 Å². The van der Waals surface area contributed by atoms with Gasteiger partial charge in [-0.25, -0.2) is 18.7 Å². The van der Waals surface area contributed by atoms with Crippen LogP contribution >= 0.6 is 0 Å². The van der Waals surface area contributed by atoms with Crippen LogP contribution < -0.4 is 0 Å². The number of nitrogens with zero attached hydrogens (tertiary/aromatic N) is 6. The predicted molar refractivity (Wildman–Crippen MR) is 98.6 cm³/mol. The lowest BCUT2D eigenvalue weighted by Crippen LogP contribution is -2.01. The zero-order valence-electron chi connectivity index (χ0n) is 14.8. The fraction of sp³-hybridized carbons (Fsp3) is 0.0500. The standard InChI is InChI=1S/C20H12F2N6O/c21-13-5-3-4-12(18(13)22)19-24-14-7-9-28(10-16(14)25-19)11-17-26-20(27-29-17)15-6-1-2-8-23-15/h1-10H,11H2. The molecule has 3 aromatic rings. The molecule has 0 amide bonds. The van der Waals surface area contributed by atoms with Crippen molar-refractivity contribution in [3.05, 3.63) is 78.6 Å². The molecule has 0 fully saturated rings. The second-order valence-corrected chi connectivity index (χ2v) is 6.26. The van der Waals surface area contributed by atoms with Crippen molar-refractivity contribution < 1.29 is 13.3 Å². The summed E-state index contributed by atoms with van der Waals surface area (Å²) in [7, 11) is 0. The van der Waals surface area contributed by atoms with Gasteiger partial charge in [0.05, 0.1) is 11.3 Å². The van der Waals surface area contributed by atoms with E-state index in [0.717, 1.165) is 6.07 Å². The highest BCUT2D eigenvalue weighted by Crippen LogP contribution is 2.27. The van der Waals surface area contributed by atoms with Crippen LogP contribution in [0.2, 0.25) is 0 Å². The smallest absolute Gasteiger partial charge is 0.246 e. The Kier molecular flexibility index (Phi) is 4.05. The molecule has 0 bridgehead atoms. The number of benzene rings is 1. The first kappa shape index (κ1) is 17.1. The number of pyridine rings is 2. The maximum atomic E-state index is 14.0. The van der Waals surface area contributed by atoms with Gasteiger partial charge in [0.2, 0.25) is 11.7 Å². The highest BCUT2D eigenvalue weighted by molar-refractivity contribution is 5.66. The molecule has 0 unspecified atom stereocenters. The molecular weight excluding hydrogens is 378 g/mol. The first-order chi connectivity index (χ1) is 14.2. The second-order valence-electron chi connectivity index (χ2n) is 6.26. The Morgan fingerprint density at radius 2 is 1.76 bits per heavy atom. The third kappa shape index (κ3) is 3.22. The Hall–Kier alpha value is -4.01. The molecule has 142 valence electrons. The normalized spacial score (nSPS) is 11.2. The zero-order valence-corrected chi connectivity index (χ0v) is 14.8. The lowest BCUT2D eigenvalue weighted by molar-refractivity contribution is 0.371. The summed E-state index contributed by atoms with van der Waals surface area (Å²) in [6, 6.07) is 11.1. The van der Waals surface area contributed by atoms with Crippen molar-refractivity contribution >= 4 is 0 Å². The fourth-order valence-corrected chi connectivity index (χ4v) is 2.92. The van der Waals surface area contributed by atoms with Gasteiger partial charge in [0.25, 0.3) is 0 Å². The Labute approximate surface area is 163 Å². The fourth-order valence-electron chi connectivity index (χ4n) is 2.92. The number of imidazole rings is 1. The molecule has 0 aliphatic carbocycles. The first-order valence-electron chi connectivity index (χ1n) is 8.69. The Morgan fingerprint density at radius 1 is 0.862 bits per heavy atom. The minimum absolute atomic E-state index is 0.0182. The van der Waals surface area contributed by atoms with E-state index in [1.54, 1.807) is 41.4 Å². The topological polar surface area (TPSA) is 82.5 Å². The molecule has 2 aliphatic heterocycles. The highest BCUT2D eigenvalue weighted by atomic mass is 19.2. The maximum absolute atomic E-state index is 14.0. The SMILES string of the molecule is Fc1cccc(-c2nc3ccn(Cc4nc(-c5ccccn5)no4)cc-3n2)c1F. The van der Waals surface area contributed by atoms with Crippen LogP contribution in [-0.4, -0.2) is 29.7 Å². The monoisotopic (exact) mass is 390 g/mol. The van der Waals surface area contributed by atoms with Gasteiger partial charge in [-0.1, -0.05) is 17.3 Å². The van der Waals surface area contributed by atoms with Crippen LogP contribution in [0.5, 0.6) is 0 Å². The van der Waals surface area contributed by atoms with Gasteiger partial charge in [0, 0.05) is 18.6 Å². The van der Waals surface area contributed by atoms with Gasteiger partial charge in [-0.15, -0.1) is 0 Å². The van der Waals surface area contributed by atoms with E-state index in [1.807, 2.05) is 6.07 Å². The van der Waals surface area contributed by atoms with Crippen LogP contribution in [0.15, 0.2) is 65.6 Å². The molecule has 0 atom stereocenters. The van der Waals surface area contributed by atoms with Gasteiger partial charge < -0.3 is 9.09 Å². The van der Waals surface area contributed by atoms with Crippen molar-refractivity contribution in [1.29, 1.82) is 0 Å². The summed E-state index contributed by atoms with van der Waals surface area (Å²) >= 11 is 0. The van der Waals surface area contributed by atoms with E-state index < -0.39 is 11.6 Å². The van der Waals surface area contributed by atoms with Crippen LogP contribution in [0.3, 0.4) is 0 Å². The number of hydrogen-bond donors (Lipinski definition) is 0. The van der Waals surface area contributed by atoms with Crippen LogP contribution in [0, 0.1) is 11.6 Å².